The Morgan fingerprint density at radius 2 is 1.38 bits per heavy atom. The first-order valence-electron chi connectivity index (χ1n) is 7.25. The van der Waals surface area contributed by atoms with Gasteiger partial charge in [0.2, 0.25) is 0 Å². The fourth-order valence-corrected chi connectivity index (χ4v) is 2.45. The summed E-state index contributed by atoms with van der Waals surface area (Å²) in [4.78, 5) is 0. The maximum Gasteiger partial charge on any atom is 0.0925 e. The van der Waals surface area contributed by atoms with E-state index in [2.05, 4.69) is 27.7 Å². The summed E-state index contributed by atoms with van der Waals surface area (Å²) in [5.41, 5.74) is 0. The third kappa shape index (κ3) is 6.50. The highest BCUT2D eigenvalue weighted by Crippen LogP contribution is 2.26. The maximum absolute atomic E-state index is 12.8. The molecule has 0 fully saturated rings. The molecule has 0 radical (unpaired) electrons. The fraction of sp³-hybridized carbons (Fsp3) is 1.00. The predicted molar refractivity (Wildman–Crippen MR) is 71.5 cm³/mol. The van der Waals surface area contributed by atoms with Crippen molar-refractivity contribution < 1.29 is 4.39 Å². The molecule has 0 spiro atoms. The lowest BCUT2D eigenvalue weighted by Crippen LogP contribution is -2.15. The highest BCUT2D eigenvalue weighted by molar-refractivity contribution is 4.67. The molecule has 0 aromatic heterocycles. The molecule has 3 atom stereocenters. The van der Waals surface area contributed by atoms with Gasteiger partial charge >= 0.3 is 0 Å². The minimum atomic E-state index is -0.125. The Labute approximate surface area is 102 Å². The van der Waals surface area contributed by atoms with Crippen LogP contribution in [0.15, 0.2) is 0 Å². The van der Waals surface area contributed by atoms with Crippen LogP contribution in [0.3, 0.4) is 0 Å². The highest BCUT2D eigenvalue weighted by Gasteiger charge is 2.17. The Morgan fingerprint density at radius 3 is 1.81 bits per heavy atom. The topological polar surface area (TPSA) is 0 Å². The molecule has 0 saturated carbocycles. The molecule has 0 bridgehead atoms. The lowest BCUT2D eigenvalue weighted by molar-refractivity contribution is 0.228. The van der Waals surface area contributed by atoms with Crippen LogP contribution in [-0.4, -0.2) is 6.67 Å². The number of hydrogen-bond donors (Lipinski definition) is 0. The molecular weight excluding hydrogens is 199 g/mol. The van der Waals surface area contributed by atoms with Crippen molar-refractivity contribution in [3.63, 3.8) is 0 Å². The molecule has 1 heteroatoms. The molecule has 0 heterocycles. The number of unbranched alkanes of at least 4 members (excludes halogenated alkanes) is 1. The van der Waals surface area contributed by atoms with E-state index in [1.54, 1.807) is 0 Å². The molecule has 0 aromatic rings. The van der Waals surface area contributed by atoms with Gasteiger partial charge < -0.3 is 0 Å². The van der Waals surface area contributed by atoms with Gasteiger partial charge in [-0.25, -0.2) is 0 Å². The van der Waals surface area contributed by atoms with Crippen molar-refractivity contribution in [2.24, 2.45) is 17.8 Å². The Morgan fingerprint density at radius 1 is 0.812 bits per heavy atom. The summed E-state index contributed by atoms with van der Waals surface area (Å²) in [5.74, 6) is 1.80. The molecule has 0 aliphatic heterocycles. The van der Waals surface area contributed by atoms with Gasteiger partial charge in [0.1, 0.15) is 0 Å². The van der Waals surface area contributed by atoms with E-state index < -0.39 is 0 Å². The van der Waals surface area contributed by atoms with E-state index in [-0.39, 0.29) is 6.67 Å². The van der Waals surface area contributed by atoms with E-state index in [4.69, 9.17) is 0 Å². The average molecular weight is 230 g/mol. The summed E-state index contributed by atoms with van der Waals surface area (Å²) in [5, 5.41) is 0. The lowest BCUT2D eigenvalue weighted by atomic mass is 9.84. The SMILES string of the molecule is CCC(C)CCCC[C@@H](CC)C(CC)CF. The van der Waals surface area contributed by atoms with Crippen LogP contribution in [0.4, 0.5) is 4.39 Å². The van der Waals surface area contributed by atoms with Crippen molar-refractivity contribution in [2.75, 3.05) is 6.67 Å². The van der Waals surface area contributed by atoms with Crippen molar-refractivity contribution in [2.45, 2.75) is 72.6 Å². The Hall–Kier alpha value is -0.0700. The molecule has 2 unspecified atom stereocenters. The molecule has 0 aliphatic rings. The number of rotatable bonds is 10. The molecular formula is C15H31F. The highest BCUT2D eigenvalue weighted by atomic mass is 19.1. The third-order valence-electron chi connectivity index (χ3n) is 4.13. The minimum absolute atomic E-state index is 0.125. The standard InChI is InChI=1S/C15H31F/c1-5-13(4)10-8-9-11-14(6-2)15(7-3)12-16/h13-15H,5-12H2,1-4H3/t13?,14-,15?/m1/s1. The van der Waals surface area contributed by atoms with E-state index in [0.717, 1.165) is 18.8 Å². The van der Waals surface area contributed by atoms with Gasteiger partial charge in [0, 0.05) is 0 Å². The van der Waals surface area contributed by atoms with Crippen LogP contribution in [-0.2, 0) is 0 Å². The van der Waals surface area contributed by atoms with E-state index >= 15 is 0 Å². The van der Waals surface area contributed by atoms with Crippen molar-refractivity contribution >= 4 is 0 Å². The molecule has 16 heavy (non-hydrogen) atoms. The Balaban J connectivity index is 3.70. The van der Waals surface area contributed by atoms with Gasteiger partial charge in [0.15, 0.2) is 0 Å². The van der Waals surface area contributed by atoms with Gasteiger partial charge in [-0.15, -0.1) is 0 Å². The van der Waals surface area contributed by atoms with E-state index in [9.17, 15) is 4.39 Å². The summed E-state index contributed by atoms with van der Waals surface area (Å²) in [6.45, 7) is 8.79. The Kier molecular flexibility index (Phi) is 10.1. The summed E-state index contributed by atoms with van der Waals surface area (Å²) in [6, 6.07) is 0. The van der Waals surface area contributed by atoms with Crippen LogP contribution in [0.2, 0.25) is 0 Å². The summed E-state index contributed by atoms with van der Waals surface area (Å²) in [7, 11) is 0. The molecule has 0 aromatic carbocycles. The number of hydrogen-bond acceptors (Lipinski definition) is 0. The lowest BCUT2D eigenvalue weighted by Gasteiger charge is -2.22. The van der Waals surface area contributed by atoms with Gasteiger partial charge in [-0.3, -0.25) is 4.39 Å². The van der Waals surface area contributed by atoms with Crippen molar-refractivity contribution in [1.29, 1.82) is 0 Å². The number of alkyl halides is 1. The van der Waals surface area contributed by atoms with Crippen molar-refractivity contribution in [1.82, 2.24) is 0 Å². The van der Waals surface area contributed by atoms with Gasteiger partial charge in [-0.1, -0.05) is 72.6 Å². The van der Waals surface area contributed by atoms with Gasteiger partial charge in [0.05, 0.1) is 6.67 Å². The van der Waals surface area contributed by atoms with Gasteiger partial charge in [-0.05, 0) is 17.8 Å². The molecule has 98 valence electrons. The van der Waals surface area contributed by atoms with Crippen LogP contribution in [0.1, 0.15) is 72.6 Å². The monoisotopic (exact) mass is 230 g/mol. The summed E-state index contributed by atoms with van der Waals surface area (Å²) < 4.78 is 12.8. The zero-order chi connectivity index (χ0) is 12.4. The summed E-state index contributed by atoms with van der Waals surface area (Å²) >= 11 is 0. The molecule has 0 N–H and O–H groups in total. The second-order valence-corrected chi connectivity index (χ2v) is 5.29. The first-order valence-corrected chi connectivity index (χ1v) is 7.25. The first kappa shape index (κ1) is 15.9. The quantitative estimate of drug-likeness (QED) is 0.428. The van der Waals surface area contributed by atoms with Crippen molar-refractivity contribution in [3.05, 3.63) is 0 Å². The molecule has 0 aliphatic carbocycles. The van der Waals surface area contributed by atoms with E-state index in [1.807, 2.05) is 0 Å². The smallest absolute Gasteiger partial charge is 0.0925 e. The van der Waals surface area contributed by atoms with Crippen LogP contribution in [0, 0.1) is 17.8 Å². The summed E-state index contributed by atoms with van der Waals surface area (Å²) in [6.07, 6.45) is 8.63. The largest absolute Gasteiger partial charge is 0.251 e. The average Bonchev–Trinajstić information content (AvgIpc) is 2.32. The minimum Gasteiger partial charge on any atom is -0.251 e. The maximum atomic E-state index is 12.8. The Bertz CT molecular complexity index is 140. The number of halogens is 1. The van der Waals surface area contributed by atoms with Crippen LogP contribution in [0.25, 0.3) is 0 Å². The van der Waals surface area contributed by atoms with E-state index in [1.165, 1.54) is 32.1 Å². The van der Waals surface area contributed by atoms with Gasteiger partial charge in [-0.2, -0.15) is 0 Å². The van der Waals surface area contributed by atoms with Crippen LogP contribution in [0.5, 0.6) is 0 Å². The van der Waals surface area contributed by atoms with Crippen LogP contribution >= 0.6 is 0 Å². The second-order valence-electron chi connectivity index (χ2n) is 5.29. The molecule has 0 rings (SSSR count). The predicted octanol–water partition coefficient (Wildman–Crippen LogP) is 5.61. The third-order valence-corrected chi connectivity index (χ3v) is 4.13. The zero-order valence-corrected chi connectivity index (χ0v) is 11.8. The molecule has 0 amide bonds. The van der Waals surface area contributed by atoms with Gasteiger partial charge in [0.25, 0.3) is 0 Å². The fourth-order valence-electron chi connectivity index (χ4n) is 2.45. The first-order chi connectivity index (χ1) is 7.69. The molecule has 0 nitrogen and oxygen atoms in total. The normalized spacial score (nSPS) is 17.1. The second kappa shape index (κ2) is 10.1. The van der Waals surface area contributed by atoms with Crippen LogP contribution < -0.4 is 0 Å². The molecule has 0 saturated heterocycles. The zero-order valence-electron chi connectivity index (χ0n) is 11.8. The van der Waals surface area contributed by atoms with Crippen molar-refractivity contribution in [3.8, 4) is 0 Å². The van der Waals surface area contributed by atoms with E-state index in [0.29, 0.717) is 11.8 Å².